The molecule has 58 valence electrons. The zero-order chi connectivity index (χ0) is 8.20. The fraction of sp³-hybridized carbons (Fsp3) is 1.00. The second-order valence-electron chi connectivity index (χ2n) is 4.85. The maximum absolute atomic E-state index is 2.51. The Labute approximate surface area is 79.2 Å². The van der Waals surface area contributed by atoms with Crippen LogP contribution >= 0.6 is 0 Å². The van der Waals surface area contributed by atoms with Crippen molar-refractivity contribution in [2.45, 2.75) is 41.0 Å². The van der Waals surface area contributed by atoms with Gasteiger partial charge in [-0.1, -0.05) is 0 Å². The predicted molar refractivity (Wildman–Crippen MR) is 47.8 cm³/mol. The van der Waals surface area contributed by atoms with Crippen LogP contribution in [0.15, 0.2) is 0 Å². The van der Waals surface area contributed by atoms with Gasteiger partial charge >= 0.3 is 79.5 Å². The molecular weight excluding hydrogens is 325 g/mol. The Kier molecular flexibility index (Phi) is 5.48. The number of hydrogen-bond acceptors (Lipinski definition) is 0. The van der Waals surface area contributed by atoms with Crippen LogP contribution in [-0.2, 0) is 24.6 Å². The predicted octanol–water partition coefficient (Wildman–Crippen LogP) is 3.44. The van der Waals surface area contributed by atoms with Gasteiger partial charge in [0.05, 0.1) is 0 Å². The van der Waals surface area contributed by atoms with E-state index in [2.05, 4.69) is 33.5 Å². The molecule has 0 fully saturated rings. The van der Waals surface area contributed by atoms with E-state index < -0.39 is 8.07 Å². The summed E-state index contributed by atoms with van der Waals surface area (Å²) in [5.41, 5.74) is 0. The molecule has 0 rings (SSSR count). The van der Waals surface area contributed by atoms with Crippen LogP contribution in [0.3, 0.4) is 0 Å². The van der Waals surface area contributed by atoms with Gasteiger partial charge in [0.15, 0.2) is 0 Å². The molecule has 0 aromatic rings. The molecule has 0 saturated heterocycles. The fourth-order valence-electron chi connectivity index (χ4n) is 1.04. The zero-order valence-corrected chi connectivity index (χ0v) is 14.7. The molecule has 2 heteroatoms. The van der Waals surface area contributed by atoms with Gasteiger partial charge in [0, 0.05) is 0 Å². The van der Waals surface area contributed by atoms with Crippen LogP contribution in [0.25, 0.3) is 0 Å². The monoisotopic (exact) mass is 346 g/mol. The molecule has 0 radical (unpaired) electrons. The van der Waals surface area contributed by atoms with E-state index in [0.717, 1.165) is 5.92 Å². The van der Waals surface area contributed by atoms with Crippen LogP contribution in [0.4, 0.5) is 0 Å². The summed E-state index contributed by atoms with van der Waals surface area (Å²) >= 11 is -0.357. The average Bonchev–Trinajstić information content (AvgIpc) is 1.59. The summed E-state index contributed by atoms with van der Waals surface area (Å²) in [5, 5.41) is 0. The van der Waals surface area contributed by atoms with E-state index in [-0.39, 0.29) is 24.6 Å². The molecule has 0 heterocycles. The van der Waals surface area contributed by atoms with E-state index in [4.69, 9.17) is 0 Å². The minimum atomic E-state index is -0.625. The third kappa shape index (κ3) is 9.15. The van der Waals surface area contributed by atoms with Gasteiger partial charge in [-0.05, 0) is 0 Å². The SMILES string of the molecule is CC(C)[CH2][Hg][CH2][Si](C)(C)C. The van der Waals surface area contributed by atoms with Crippen molar-refractivity contribution in [1.29, 1.82) is 0 Å². The topological polar surface area (TPSA) is 0 Å². The van der Waals surface area contributed by atoms with Gasteiger partial charge < -0.3 is 0 Å². The van der Waals surface area contributed by atoms with Crippen LogP contribution in [-0.4, -0.2) is 8.07 Å². The molecule has 0 spiro atoms. The van der Waals surface area contributed by atoms with Crippen LogP contribution in [0, 0.1) is 5.92 Å². The van der Waals surface area contributed by atoms with Gasteiger partial charge in [-0.25, -0.2) is 0 Å². The van der Waals surface area contributed by atoms with E-state index in [1.165, 1.54) is 0 Å². The van der Waals surface area contributed by atoms with Crippen LogP contribution < -0.4 is 0 Å². The molecule has 0 N–H and O–H groups in total. The minimum absolute atomic E-state index is 0.357. The van der Waals surface area contributed by atoms with Crippen molar-refractivity contribution in [1.82, 2.24) is 0 Å². The van der Waals surface area contributed by atoms with Crippen molar-refractivity contribution in [3.05, 3.63) is 0 Å². The van der Waals surface area contributed by atoms with Gasteiger partial charge in [-0.15, -0.1) is 0 Å². The van der Waals surface area contributed by atoms with E-state index in [9.17, 15) is 0 Å². The van der Waals surface area contributed by atoms with E-state index in [0.29, 0.717) is 0 Å². The molecule has 0 aromatic carbocycles. The molecule has 0 aliphatic carbocycles. The molecule has 0 amide bonds. The molecule has 10 heavy (non-hydrogen) atoms. The van der Waals surface area contributed by atoms with Crippen molar-refractivity contribution < 1.29 is 24.6 Å². The van der Waals surface area contributed by atoms with E-state index in [1.807, 2.05) is 0 Å². The Morgan fingerprint density at radius 2 is 1.70 bits per heavy atom. The summed E-state index contributed by atoms with van der Waals surface area (Å²) in [7, 11) is -0.625. The molecule has 0 aromatic heterocycles. The first-order valence-corrected chi connectivity index (χ1v) is 15.9. The maximum atomic E-state index is 2.51. The second kappa shape index (κ2) is 4.92. The molecule has 0 unspecified atom stereocenters. The Balaban J connectivity index is 3.21. The Hall–Kier alpha value is 1.15. The van der Waals surface area contributed by atoms with Gasteiger partial charge in [0.1, 0.15) is 0 Å². The van der Waals surface area contributed by atoms with Gasteiger partial charge in [-0.3, -0.25) is 0 Å². The second-order valence-corrected chi connectivity index (χ2v) is 21.3. The molecule has 0 saturated carbocycles. The van der Waals surface area contributed by atoms with Crippen molar-refractivity contribution in [3.8, 4) is 0 Å². The summed E-state index contributed by atoms with van der Waals surface area (Å²) in [6.45, 7) is 12.3. The first-order valence-electron chi connectivity index (χ1n) is 4.42. The molecule has 0 aliphatic rings. The van der Waals surface area contributed by atoms with Crippen molar-refractivity contribution in [2.75, 3.05) is 0 Å². The Morgan fingerprint density at radius 3 is 2.00 bits per heavy atom. The van der Waals surface area contributed by atoms with Crippen LogP contribution in [0.5, 0.6) is 0 Å². The summed E-state index contributed by atoms with van der Waals surface area (Å²) in [6, 6.07) is 0. The zero-order valence-electron chi connectivity index (χ0n) is 8.20. The van der Waals surface area contributed by atoms with Crippen LogP contribution in [0.1, 0.15) is 13.8 Å². The third-order valence-corrected chi connectivity index (χ3v) is 31.3. The van der Waals surface area contributed by atoms with Crippen LogP contribution in [0.2, 0.25) is 27.1 Å². The Morgan fingerprint density at radius 1 is 1.20 bits per heavy atom. The van der Waals surface area contributed by atoms with Gasteiger partial charge in [0.2, 0.25) is 0 Å². The van der Waals surface area contributed by atoms with E-state index in [1.54, 1.807) is 7.48 Å². The average molecular weight is 345 g/mol. The Bertz CT molecular complexity index is 83.7. The third-order valence-electron chi connectivity index (χ3n) is 1.71. The fourth-order valence-corrected chi connectivity index (χ4v) is 20.2. The summed E-state index contributed by atoms with van der Waals surface area (Å²) in [5.74, 6) is 0.998. The van der Waals surface area contributed by atoms with Crippen molar-refractivity contribution in [2.24, 2.45) is 5.92 Å². The number of rotatable bonds is 4. The van der Waals surface area contributed by atoms with Gasteiger partial charge in [0.25, 0.3) is 0 Å². The normalized spacial score (nSPS) is 11.8. The van der Waals surface area contributed by atoms with E-state index >= 15 is 0 Å². The standard InChI is InChI=1S/C4H11Si.C4H9.Hg/c1-5(2,3)4;1-4(2)3;/h1H2,2-4H3;4H,1H2,2-3H3;. The van der Waals surface area contributed by atoms with Crippen molar-refractivity contribution in [3.63, 3.8) is 0 Å². The molecule has 0 atom stereocenters. The molecule has 0 nitrogen and oxygen atoms in total. The van der Waals surface area contributed by atoms with Gasteiger partial charge in [-0.2, -0.15) is 0 Å². The summed E-state index contributed by atoms with van der Waals surface area (Å²) in [4.78, 5) is 0. The summed E-state index contributed by atoms with van der Waals surface area (Å²) in [6.07, 6.45) is 0. The molecular formula is C8H20HgSi. The van der Waals surface area contributed by atoms with Crippen molar-refractivity contribution >= 4 is 8.07 Å². The first kappa shape index (κ1) is 11.2. The molecule has 0 bridgehead atoms. The number of hydrogen-bond donors (Lipinski definition) is 0. The quantitative estimate of drug-likeness (QED) is 0.685. The molecule has 0 aliphatic heterocycles. The summed E-state index contributed by atoms with van der Waals surface area (Å²) < 4.78 is 3.37. The first-order chi connectivity index (χ1) is 4.42.